The van der Waals surface area contributed by atoms with Crippen LogP contribution in [0.3, 0.4) is 0 Å². The minimum absolute atomic E-state index is 0.352. The van der Waals surface area contributed by atoms with E-state index in [-0.39, 0.29) is 0 Å². The number of hydrogen-bond acceptors (Lipinski definition) is 2. The van der Waals surface area contributed by atoms with Crippen LogP contribution in [-0.4, -0.2) is 17.9 Å². The van der Waals surface area contributed by atoms with E-state index < -0.39 is 0 Å². The fraction of sp³-hybridized carbons (Fsp3) is 0.929. The number of carbonyl (C=O) groups excluding carboxylic acids is 1. The van der Waals surface area contributed by atoms with E-state index in [2.05, 4.69) is 19.2 Å². The van der Waals surface area contributed by atoms with Crippen LogP contribution in [0.15, 0.2) is 0 Å². The Bertz CT molecular complexity index is 181. The Morgan fingerprint density at radius 3 is 2.06 bits per heavy atom. The molecule has 1 N–H and O–H groups in total. The summed E-state index contributed by atoms with van der Waals surface area (Å²) in [6, 6.07) is 1.28. The summed E-state index contributed by atoms with van der Waals surface area (Å²) >= 11 is 0. The van der Waals surface area contributed by atoms with E-state index in [0.717, 1.165) is 6.42 Å². The van der Waals surface area contributed by atoms with Gasteiger partial charge in [0.2, 0.25) is 0 Å². The van der Waals surface area contributed by atoms with Crippen molar-refractivity contribution in [2.75, 3.05) is 0 Å². The molecule has 0 aromatic rings. The average molecular weight is 227 g/mol. The van der Waals surface area contributed by atoms with Crippen LogP contribution in [0.4, 0.5) is 0 Å². The van der Waals surface area contributed by atoms with E-state index in [4.69, 9.17) is 0 Å². The highest BCUT2D eigenvalue weighted by Gasteiger charge is 2.21. The van der Waals surface area contributed by atoms with E-state index in [0.29, 0.717) is 23.8 Å². The fourth-order valence-electron chi connectivity index (χ4n) is 2.41. The second kappa shape index (κ2) is 8.74. The topological polar surface area (TPSA) is 29.1 Å². The second-order valence-corrected chi connectivity index (χ2v) is 4.95. The standard InChI is InChI=1S/C12H23NO.C2H6/c1-9(2)13-12-6-4-11(5-7-12)8-10(3)14;1-2/h9,11-13H,4-8H2,1-3H3;1-2H3. The first kappa shape index (κ1) is 15.6. The Hall–Kier alpha value is -0.370. The summed E-state index contributed by atoms with van der Waals surface area (Å²) in [5, 5.41) is 3.57. The number of carbonyl (C=O) groups is 1. The zero-order valence-corrected chi connectivity index (χ0v) is 11.7. The molecule has 0 aromatic heterocycles. The van der Waals surface area contributed by atoms with E-state index in [9.17, 15) is 4.79 Å². The minimum atomic E-state index is 0.352. The van der Waals surface area contributed by atoms with Gasteiger partial charge < -0.3 is 10.1 Å². The Balaban J connectivity index is 0.00000106. The first-order valence-electron chi connectivity index (χ1n) is 6.83. The molecule has 1 saturated carbocycles. The molecule has 2 heteroatoms. The lowest BCUT2D eigenvalue weighted by Crippen LogP contribution is -2.37. The highest BCUT2D eigenvalue weighted by Crippen LogP contribution is 2.27. The van der Waals surface area contributed by atoms with Gasteiger partial charge in [0.05, 0.1) is 0 Å². The largest absolute Gasteiger partial charge is 0.312 e. The van der Waals surface area contributed by atoms with Crippen molar-refractivity contribution in [3.05, 3.63) is 0 Å². The zero-order valence-electron chi connectivity index (χ0n) is 11.7. The minimum Gasteiger partial charge on any atom is -0.312 e. The highest BCUT2D eigenvalue weighted by atomic mass is 16.1. The third kappa shape index (κ3) is 7.00. The molecule has 1 aliphatic carbocycles. The second-order valence-electron chi connectivity index (χ2n) is 4.95. The molecular weight excluding hydrogens is 198 g/mol. The number of nitrogens with one attached hydrogen (secondary N) is 1. The van der Waals surface area contributed by atoms with Crippen molar-refractivity contribution < 1.29 is 4.79 Å². The molecule has 16 heavy (non-hydrogen) atoms. The monoisotopic (exact) mass is 227 g/mol. The molecule has 0 heterocycles. The van der Waals surface area contributed by atoms with E-state index in [1.807, 2.05) is 13.8 Å². The molecular formula is C14H29NO. The van der Waals surface area contributed by atoms with Gasteiger partial charge in [-0.2, -0.15) is 0 Å². The van der Waals surface area contributed by atoms with Crippen molar-refractivity contribution in [1.82, 2.24) is 5.32 Å². The van der Waals surface area contributed by atoms with Gasteiger partial charge in [-0.15, -0.1) is 0 Å². The molecule has 0 unspecified atom stereocenters. The smallest absolute Gasteiger partial charge is 0.130 e. The molecule has 0 radical (unpaired) electrons. The summed E-state index contributed by atoms with van der Waals surface area (Å²) in [6.07, 6.45) is 5.74. The maximum absolute atomic E-state index is 11.0. The van der Waals surface area contributed by atoms with Crippen molar-refractivity contribution in [1.29, 1.82) is 0 Å². The average Bonchev–Trinajstić information content (AvgIpc) is 2.22. The third-order valence-electron chi connectivity index (χ3n) is 2.99. The lowest BCUT2D eigenvalue weighted by molar-refractivity contribution is -0.118. The van der Waals surface area contributed by atoms with Gasteiger partial charge in [-0.25, -0.2) is 0 Å². The molecule has 2 nitrogen and oxygen atoms in total. The van der Waals surface area contributed by atoms with Crippen LogP contribution in [-0.2, 0) is 4.79 Å². The summed E-state index contributed by atoms with van der Waals surface area (Å²) in [5.41, 5.74) is 0. The van der Waals surface area contributed by atoms with Crippen LogP contribution in [0.1, 0.15) is 66.7 Å². The van der Waals surface area contributed by atoms with Gasteiger partial charge in [-0.05, 0) is 38.5 Å². The molecule has 0 amide bonds. The molecule has 1 rings (SSSR count). The van der Waals surface area contributed by atoms with Crippen LogP contribution < -0.4 is 5.32 Å². The van der Waals surface area contributed by atoms with Crippen LogP contribution in [0.5, 0.6) is 0 Å². The van der Waals surface area contributed by atoms with Gasteiger partial charge >= 0.3 is 0 Å². The quantitative estimate of drug-likeness (QED) is 0.796. The molecule has 1 aliphatic rings. The first-order valence-corrected chi connectivity index (χ1v) is 6.83. The molecule has 96 valence electrons. The number of hydrogen-bond donors (Lipinski definition) is 1. The van der Waals surface area contributed by atoms with Crippen molar-refractivity contribution in [3.8, 4) is 0 Å². The van der Waals surface area contributed by atoms with Gasteiger partial charge in [0, 0.05) is 18.5 Å². The molecule has 0 aromatic carbocycles. The van der Waals surface area contributed by atoms with E-state index in [1.54, 1.807) is 6.92 Å². The summed E-state index contributed by atoms with van der Waals surface area (Å²) in [5.74, 6) is 1.02. The number of rotatable bonds is 4. The van der Waals surface area contributed by atoms with E-state index >= 15 is 0 Å². The Morgan fingerprint density at radius 2 is 1.69 bits per heavy atom. The predicted octanol–water partition coefficient (Wildman–Crippen LogP) is 3.55. The summed E-state index contributed by atoms with van der Waals surface area (Å²) in [7, 11) is 0. The maximum Gasteiger partial charge on any atom is 0.130 e. The maximum atomic E-state index is 11.0. The highest BCUT2D eigenvalue weighted by molar-refractivity contribution is 5.75. The van der Waals surface area contributed by atoms with Crippen molar-refractivity contribution >= 4 is 5.78 Å². The fourth-order valence-corrected chi connectivity index (χ4v) is 2.41. The molecule has 0 aliphatic heterocycles. The first-order chi connectivity index (χ1) is 7.58. The van der Waals surface area contributed by atoms with Gasteiger partial charge in [-0.3, -0.25) is 0 Å². The number of Topliss-reactive ketones (excluding diaryl/α,β-unsaturated/α-hetero) is 1. The SMILES string of the molecule is CC.CC(=O)CC1CCC(NC(C)C)CC1. The summed E-state index contributed by atoms with van der Waals surface area (Å²) < 4.78 is 0. The normalized spacial score (nSPS) is 24.9. The molecule has 0 saturated heterocycles. The molecule has 1 fully saturated rings. The van der Waals surface area contributed by atoms with Crippen molar-refractivity contribution in [2.45, 2.75) is 78.8 Å². The Morgan fingerprint density at radius 1 is 1.19 bits per heavy atom. The lowest BCUT2D eigenvalue weighted by Gasteiger charge is -2.30. The van der Waals surface area contributed by atoms with Crippen molar-refractivity contribution in [2.24, 2.45) is 5.92 Å². The zero-order chi connectivity index (χ0) is 12.6. The third-order valence-corrected chi connectivity index (χ3v) is 2.99. The van der Waals surface area contributed by atoms with E-state index in [1.165, 1.54) is 25.7 Å². The van der Waals surface area contributed by atoms with Crippen LogP contribution in [0.2, 0.25) is 0 Å². The van der Waals surface area contributed by atoms with Crippen LogP contribution in [0.25, 0.3) is 0 Å². The summed E-state index contributed by atoms with van der Waals surface area (Å²) in [4.78, 5) is 11.0. The molecule has 0 bridgehead atoms. The van der Waals surface area contributed by atoms with Crippen LogP contribution >= 0.6 is 0 Å². The van der Waals surface area contributed by atoms with Crippen molar-refractivity contribution in [3.63, 3.8) is 0 Å². The van der Waals surface area contributed by atoms with Gasteiger partial charge in [0.15, 0.2) is 0 Å². The molecule has 0 spiro atoms. The number of ketones is 1. The predicted molar refractivity (Wildman–Crippen MR) is 70.7 cm³/mol. The lowest BCUT2D eigenvalue weighted by atomic mass is 9.83. The van der Waals surface area contributed by atoms with Gasteiger partial charge in [-0.1, -0.05) is 27.7 Å². The van der Waals surface area contributed by atoms with Gasteiger partial charge in [0.1, 0.15) is 5.78 Å². The van der Waals surface area contributed by atoms with Gasteiger partial charge in [0.25, 0.3) is 0 Å². The Kier molecular flexibility index (Phi) is 8.54. The Labute approximate surface area is 101 Å². The summed E-state index contributed by atoms with van der Waals surface area (Å²) in [6.45, 7) is 10.1. The molecule has 0 atom stereocenters. The van der Waals surface area contributed by atoms with Crippen LogP contribution in [0, 0.1) is 5.92 Å².